The number of nitrogens with zero attached hydrogens (tertiary/aromatic N) is 2. The normalized spacial score (nSPS) is 31.5. The first-order valence-corrected chi connectivity index (χ1v) is 5.65. The van der Waals surface area contributed by atoms with Gasteiger partial charge in [0.25, 0.3) is 0 Å². The smallest absolute Gasteiger partial charge is 0.396 e. The van der Waals surface area contributed by atoms with Crippen LogP contribution in [0.1, 0.15) is 12.8 Å². The van der Waals surface area contributed by atoms with Gasteiger partial charge < -0.3 is 5.11 Å². The average Bonchev–Trinajstić information content (AvgIpc) is 2.70. The Bertz CT molecular complexity index is 247. The van der Waals surface area contributed by atoms with E-state index in [0.717, 1.165) is 19.5 Å². The number of piperazine rings is 1. The molecule has 2 rings (SSSR count). The molecule has 6 heteroatoms. The fourth-order valence-electron chi connectivity index (χ4n) is 2.80. The molecule has 0 aromatic heterocycles. The Morgan fingerprint density at radius 2 is 1.75 bits per heavy atom. The predicted molar refractivity (Wildman–Crippen MR) is 53.1 cm³/mol. The third-order valence-electron chi connectivity index (χ3n) is 3.45. The van der Waals surface area contributed by atoms with Crippen LogP contribution in [-0.2, 0) is 0 Å². The number of aliphatic hydroxyl groups excluding tert-OH is 1. The molecular formula is C10H17F3N2O. The minimum Gasteiger partial charge on any atom is -0.396 e. The number of hydrogen-bond acceptors (Lipinski definition) is 3. The molecule has 0 aromatic carbocycles. The second kappa shape index (κ2) is 4.50. The van der Waals surface area contributed by atoms with Gasteiger partial charge in [-0.05, 0) is 12.8 Å². The van der Waals surface area contributed by atoms with Gasteiger partial charge in [0.2, 0.25) is 0 Å². The van der Waals surface area contributed by atoms with Gasteiger partial charge >= 0.3 is 6.18 Å². The first-order chi connectivity index (χ1) is 7.49. The second-order valence-electron chi connectivity index (χ2n) is 4.66. The summed E-state index contributed by atoms with van der Waals surface area (Å²) >= 11 is 0. The molecule has 94 valence electrons. The van der Waals surface area contributed by atoms with Crippen LogP contribution in [0.3, 0.4) is 0 Å². The van der Waals surface area contributed by atoms with E-state index in [-0.39, 0.29) is 18.7 Å². The molecular weight excluding hydrogens is 221 g/mol. The summed E-state index contributed by atoms with van der Waals surface area (Å²) in [6, 6.07) is 0.323. The lowest BCUT2D eigenvalue weighted by Crippen LogP contribution is -2.49. The Labute approximate surface area is 92.8 Å². The highest BCUT2D eigenvalue weighted by Gasteiger charge is 2.46. The van der Waals surface area contributed by atoms with Crippen molar-refractivity contribution in [2.24, 2.45) is 0 Å². The molecule has 0 aromatic rings. The maximum atomic E-state index is 12.2. The standard InChI is InChI=1S/C10H17F3N2O/c11-10(12,13)7-15-6-8-4-9(15)5-14(8)2-1-3-16/h8-9,16H,1-7H2/t8-,9-/m0/s1. The molecule has 2 atom stereocenters. The average molecular weight is 238 g/mol. The van der Waals surface area contributed by atoms with Crippen LogP contribution in [-0.4, -0.2) is 66.0 Å². The lowest BCUT2D eigenvalue weighted by Gasteiger charge is -2.34. The molecule has 2 heterocycles. The van der Waals surface area contributed by atoms with Crippen LogP contribution in [0.25, 0.3) is 0 Å². The van der Waals surface area contributed by atoms with Crippen LogP contribution in [0, 0.1) is 0 Å². The van der Waals surface area contributed by atoms with Crippen molar-refractivity contribution in [3.63, 3.8) is 0 Å². The van der Waals surface area contributed by atoms with Gasteiger partial charge in [-0.25, -0.2) is 0 Å². The Morgan fingerprint density at radius 3 is 2.25 bits per heavy atom. The van der Waals surface area contributed by atoms with E-state index >= 15 is 0 Å². The van der Waals surface area contributed by atoms with E-state index in [1.807, 2.05) is 0 Å². The Balaban J connectivity index is 1.81. The van der Waals surface area contributed by atoms with Gasteiger partial charge in [0.15, 0.2) is 0 Å². The molecule has 0 aliphatic carbocycles. The topological polar surface area (TPSA) is 26.7 Å². The highest BCUT2D eigenvalue weighted by molar-refractivity contribution is 4.99. The van der Waals surface area contributed by atoms with Crippen LogP contribution >= 0.6 is 0 Å². The predicted octanol–water partition coefficient (Wildman–Crippen LogP) is 0.690. The number of aliphatic hydroxyl groups is 1. The summed E-state index contributed by atoms with van der Waals surface area (Å²) in [7, 11) is 0. The van der Waals surface area contributed by atoms with Gasteiger partial charge in [-0.3, -0.25) is 9.80 Å². The largest absolute Gasteiger partial charge is 0.401 e. The molecule has 1 N–H and O–H groups in total. The highest BCUT2D eigenvalue weighted by atomic mass is 19.4. The van der Waals surface area contributed by atoms with Gasteiger partial charge in [-0.2, -0.15) is 13.2 Å². The van der Waals surface area contributed by atoms with Crippen LogP contribution in [0.15, 0.2) is 0 Å². The molecule has 0 amide bonds. The second-order valence-corrected chi connectivity index (χ2v) is 4.66. The first-order valence-electron chi connectivity index (χ1n) is 5.65. The summed E-state index contributed by atoms with van der Waals surface area (Å²) in [4.78, 5) is 3.74. The highest BCUT2D eigenvalue weighted by Crippen LogP contribution is 2.32. The van der Waals surface area contributed by atoms with E-state index in [0.29, 0.717) is 13.0 Å². The molecule has 16 heavy (non-hydrogen) atoms. The Hall–Kier alpha value is -0.330. The lowest BCUT2D eigenvalue weighted by atomic mass is 10.2. The maximum absolute atomic E-state index is 12.2. The van der Waals surface area contributed by atoms with E-state index in [9.17, 15) is 13.2 Å². The van der Waals surface area contributed by atoms with Crippen molar-refractivity contribution in [3.05, 3.63) is 0 Å². The third kappa shape index (κ3) is 2.67. The molecule has 2 bridgehead atoms. The molecule has 0 saturated carbocycles. The summed E-state index contributed by atoms with van der Waals surface area (Å²) < 4.78 is 36.7. The van der Waals surface area contributed by atoms with Crippen LogP contribution in [0.2, 0.25) is 0 Å². The van der Waals surface area contributed by atoms with Crippen LogP contribution in [0.4, 0.5) is 13.2 Å². The van der Waals surface area contributed by atoms with Gasteiger partial charge in [0.05, 0.1) is 6.54 Å². The summed E-state index contributed by atoms with van der Waals surface area (Å²) in [5.41, 5.74) is 0. The van der Waals surface area contributed by atoms with Crippen molar-refractivity contribution in [3.8, 4) is 0 Å². The number of rotatable bonds is 4. The van der Waals surface area contributed by atoms with Crippen molar-refractivity contribution < 1.29 is 18.3 Å². The van der Waals surface area contributed by atoms with E-state index in [1.54, 1.807) is 4.90 Å². The molecule has 0 radical (unpaired) electrons. The lowest BCUT2D eigenvalue weighted by molar-refractivity contribution is -0.150. The van der Waals surface area contributed by atoms with E-state index < -0.39 is 12.7 Å². The zero-order chi connectivity index (χ0) is 11.8. The van der Waals surface area contributed by atoms with Gasteiger partial charge in [0, 0.05) is 38.3 Å². The number of fused-ring (bicyclic) bond motifs is 2. The molecule has 2 saturated heterocycles. The van der Waals surface area contributed by atoms with Crippen molar-refractivity contribution in [1.29, 1.82) is 0 Å². The van der Waals surface area contributed by atoms with Crippen LogP contribution < -0.4 is 0 Å². The monoisotopic (exact) mass is 238 g/mol. The third-order valence-corrected chi connectivity index (χ3v) is 3.45. The molecule has 2 aliphatic rings. The first kappa shape index (κ1) is 12.1. The zero-order valence-corrected chi connectivity index (χ0v) is 9.08. The van der Waals surface area contributed by atoms with Crippen molar-refractivity contribution in [1.82, 2.24) is 9.80 Å². The number of likely N-dealkylation sites (tertiary alicyclic amines) is 2. The molecule has 2 fully saturated rings. The quantitative estimate of drug-likeness (QED) is 0.780. The number of halogens is 3. The fraction of sp³-hybridized carbons (Fsp3) is 1.00. The Morgan fingerprint density at radius 1 is 1.12 bits per heavy atom. The van der Waals surface area contributed by atoms with Crippen molar-refractivity contribution in [2.45, 2.75) is 31.1 Å². The number of hydrogen-bond donors (Lipinski definition) is 1. The minimum atomic E-state index is -4.08. The SMILES string of the molecule is OCCCN1C[C@@H]2C[C@H]1CN2CC(F)(F)F. The van der Waals surface area contributed by atoms with Gasteiger partial charge in [-0.15, -0.1) is 0 Å². The summed E-state index contributed by atoms with van der Waals surface area (Å²) in [5.74, 6) is 0. The molecule has 2 aliphatic heterocycles. The van der Waals surface area contributed by atoms with E-state index in [1.165, 1.54) is 0 Å². The van der Waals surface area contributed by atoms with E-state index in [4.69, 9.17) is 5.11 Å². The zero-order valence-electron chi connectivity index (χ0n) is 9.08. The molecule has 0 unspecified atom stereocenters. The minimum absolute atomic E-state index is 0.0605. The fourth-order valence-corrected chi connectivity index (χ4v) is 2.80. The molecule has 3 nitrogen and oxygen atoms in total. The summed E-state index contributed by atoms with van der Waals surface area (Å²) in [6.45, 7) is 1.43. The summed E-state index contributed by atoms with van der Waals surface area (Å²) in [5, 5.41) is 8.72. The van der Waals surface area contributed by atoms with E-state index in [2.05, 4.69) is 4.90 Å². The van der Waals surface area contributed by atoms with Crippen LogP contribution in [0.5, 0.6) is 0 Å². The van der Waals surface area contributed by atoms with Crippen molar-refractivity contribution in [2.75, 3.05) is 32.8 Å². The number of alkyl halides is 3. The van der Waals surface area contributed by atoms with Crippen molar-refractivity contribution >= 4 is 0 Å². The molecule has 0 spiro atoms. The Kier molecular flexibility index (Phi) is 3.42. The summed E-state index contributed by atoms with van der Waals surface area (Å²) in [6.07, 6.45) is -2.52. The maximum Gasteiger partial charge on any atom is 0.401 e. The van der Waals surface area contributed by atoms with Gasteiger partial charge in [-0.1, -0.05) is 0 Å². The van der Waals surface area contributed by atoms with Gasteiger partial charge in [0.1, 0.15) is 0 Å².